The molecule has 120 valence electrons. The van der Waals surface area contributed by atoms with E-state index in [4.69, 9.17) is 10.5 Å². The molecule has 2 aromatic carbocycles. The Balaban J connectivity index is 2.20. The number of fused-ring (bicyclic) bond motifs is 1. The number of aliphatic hydroxyl groups is 1. The molecule has 0 fully saturated rings. The maximum absolute atomic E-state index is 11.0. The molecule has 0 spiro atoms. The van der Waals surface area contributed by atoms with Crippen LogP contribution in [0.15, 0.2) is 36.4 Å². The number of nitrogens with two attached hydrogens (primary N) is 1. The lowest BCUT2D eigenvalue weighted by Crippen LogP contribution is -2.06. The van der Waals surface area contributed by atoms with Crippen LogP contribution in [0.2, 0.25) is 0 Å². The SMILES string of the molecule is COc1cc(C(O)c2ccccc2C(C)C)c2nc(N)sc2c1. The molecule has 0 saturated heterocycles. The third-order valence-corrected chi connectivity index (χ3v) is 4.79. The average molecular weight is 328 g/mol. The molecule has 3 N–H and O–H groups in total. The molecule has 5 heteroatoms. The number of rotatable bonds is 4. The minimum atomic E-state index is -0.771. The van der Waals surface area contributed by atoms with Crippen molar-refractivity contribution in [3.05, 3.63) is 53.1 Å². The Morgan fingerprint density at radius 2 is 1.83 bits per heavy atom. The second-order valence-electron chi connectivity index (χ2n) is 5.80. The van der Waals surface area contributed by atoms with Gasteiger partial charge in [0.15, 0.2) is 5.13 Å². The molecule has 0 bridgehead atoms. The number of methoxy groups -OCH3 is 1. The van der Waals surface area contributed by atoms with Gasteiger partial charge in [-0.1, -0.05) is 49.4 Å². The van der Waals surface area contributed by atoms with Gasteiger partial charge in [0.2, 0.25) is 0 Å². The molecule has 1 heterocycles. The molecule has 1 atom stereocenters. The van der Waals surface area contributed by atoms with Crippen LogP contribution in [-0.4, -0.2) is 17.2 Å². The van der Waals surface area contributed by atoms with E-state index < -0.39 is 6.10 Å². The normalized spacial score (nSPS) is 12.7. The first kappa shape index (κ1) is 15.8. The second-order valence-corrected chi connectivity index (χ2v) is 6.86. The van der Waals surface area contributed by atoms with Gasteiger partial charge in [0, 0.05) is 5.56 Å². The number of ether oxygens (including phenoxy) is 1. The molecule has 4 nitrogen and oxygen atoms in total. The van der Waals surface area contributed by atoms with E-state index in [9.17, 15) is 5.11 Å². The molecule has 0 amide bonds. The Kier molecular flexibility index (Phi) is 4.24. The fraction of sp³-hybridized carbons (Fsp3) is 0.278. The van der Waals surface area contributed by atoms with Gasteiger partial charge in [-0.15, -0.1) is 0 Å². The van der Waals surface area contributed by atoms with Crippen molar-refractivity contribution in [2.45, 2.75) is 25.9 Å². The monoisotopic (exact) mass is 328 g/mol. The van der Waals surface area contributed by atoms with Crippen LogP contribution in [0.5, 0.6) is 5.75 Å². The topological polar surface area (TPSA) is 68.4 Å². The maximum Gasteiger partial charge on any atom is 0.181 e. The van der Waals surface area contributed by atoms with Crippen molar-refractivity contribution in [3.63, 3.8) is 0 Å². The minimum absolute atomic E-state index is 0.322. The summed E-state index contributed by atoms with van der Waals surface area (Å²) < 4.78 is 6.28. The van der Waals surface area contributed by atoms with E-state index in [2.05, 4.69) is 24.9 Å². The Morgan fingerprint density at radius 3 is 2.48 bits per heavy atom. The average Bonchev–Trinajstić information content (AvgIpc) is 2.93. The van der Waals surface area contributed by atoms with Crippen LogP contribution in [0, 0.1) is 0 Å². The van der Waals surface area contributed by atoms with Crippen LogP contribution < -0.4 is 10.5 Å². The number of aliphatic hydroxyl groups excluding tert-OH is 1. The number of anilines is 1. The highest BCUT2D eigenvalue weighted by Crippen LogP contribution is 2.37. The van der Waals surface area contributed by atoms with Gasteiger partial charge in [0.05, 0.1) is 17.3 Å². The van der Waals surface area contributed by atoms with E-state index in [1.807, 2.05) is 30.3 Å². The second kappa shape index (κ2) is 6.18. The van der Waals surface area contributed by atoms with Crippen molar-refractivity contribution < 1.29 is 9.84 Å². The number of hydrogen-bond donors (Lipinski definition) is 2. The summed E-state index contributed by atoms with van der Waals surface area (Å²) in [6.07, 6.45) is -0.771. The molecule has 0 radical (unpaired) electrons. The van der Waals surface area contributed by atoms with E-state index in [1.54, 1.807) is 7.11 Å². The molecule has 3 rings (SSSR count). The van der Waals surface area contributed by atoms with Gasteiger partial charge in [0.1, 0.15) is 11.9 Å². The smallest absolute Gasteiger partial charge is 0.181 e. The molecule has 1 unspecified atom stereocenters. The van der Waals surface area contributed by atoms with Gasteiger partial charge >= 0.3 is 0 Å². The number of thiazole rings is 1. The summed E-state index contributed by atoms with van der Waals surface area (Å²) in [7, 11) is 1.61. The molecular weight excluding hydrogens is 308 g/mol. The summed E-state index contributed by atoms with van der Waals surface area (Å²) in [4.78, 5) is 4.39. The predicted octanol–water partition coefficient (Wildman–Crippen LogP) is 4.09. The summed E-state index contributed by atoms with van der Waals surface area (Å²) in [6.45, 7) is 4.24. The van der Waals surface area contributed by atoms with Gasteiger partial charge in [-0.25, -0.2) is 4.98 Å². The largest absolute Gasteiger partial charge is 0.497 e. The number of hydrogen-bond acceptors (Lipinski definition) is 5. The lowest BCUT2D eigenvalue weighted by molar-refractivity contribution is 0.219. The standard InChI is InChI=1S/C18H20N2O2S/c1-10(2)12-6-4-5-7-13(12)17(21)14-8-11(22-3)9-15-16(14)20-18(19)23-15/h4-10,17,21H,1-3H3,(H2,19,20). The third-order valence-electron chi connectivity index (χ3n) is 3.96. The Hall–Kier alpha value is -2.11. The highest BCUT2D eigenvalue weighted by molar-refractivity contribution is 7.22. The van der Waals surface area contributed by atoms with E-state index in [1.165, 1.54) is 11.3 Å². The lowest BCUT2D eigenvalue weighted by Gasteiger charge is -2.19. The molecule has 23 heavy (non-hydrogen) atoms. The molecule has 3 aromatic rings. The summed E-state index contributed by atoms with van der Waals surface area (Å²) in [5.74, 6) is 1.01. The van der Waals surface area contributed by atoms with Crippen molar-refractivity contribution in [1.82, 2.24) is 4.98 Å². The zero-order chi connectivity index (χ0) is 16.6. The van der Waals surface area contributed by atoms with Crippen molar-refractivity contribution in [2.75, 3.05) is 12.8 Å². The number of nitrogen functional groups attached to an aromatic ring is 1. The lowest BCUT2D eigenvalue weighted by atomic mass is 9.90. The summed E-state index contributed by atoms with van der Waals surface area (Å²) in [5, 5.41) is 11.5. The van der Waals surface area contributed by atoms with Gasteiger partial charge in [-0.2, -0.15) is 0 Å². The first-order valence-corrected chi connectivity index (χ1v) is 8.33. The molecule has 1 aromatic heterocycles. The predicted molar refractivity (Wildman–Crippen MR) is 95.2 cm³/mol. The van der Waals surface area contributed by atoms with Crippen LogP contribution in [0.3, 0.4) is 0 Å². The van der Waals surface area contributed by atoms with E-state index >= 15 is 0 Å². The third kappa shape index (κ3) is 2.90. The first-order valence-electron chi connectivity index (χ1n) is 7.52. The van der Waals surface area contributed by atoms with Crippen molar-refractivity contribution >= 4 is 26.7 Å². The van der Waals surface area contributed by atoms with Gasteiger partial charge < -0.3 is 15.6 Å². The molecule has 0 aliphatic rings. The van der Waals surface area contributed by atoms with E-state index in [0.717, 1.165) is 26.9 Å². The zero-order valence-electron chi connectivity index (χ0n) is 13.4. The van der Waals surface area contributed by atoms with Crippen LogP contribution >= 0.6 is 11.3 Å². The van der Waals surface area contributed by atoms with Crippen LogP contribution in [-0.2, 0) is 0 Å². The fourth-order valence-electron chi connectivity index (χ4n) is 2.83. The van der Waals surface area contributed by atoms with Gasteiger partial charge in [-0.05, 0) is 29.2 Å². The zero-order valence-corrected chi connectivity index (χ0v) is 14.2. The first-order chi connectivity index (χ1) is 11.0. The Labute approximate surface area is 139 Å². The summed E-state index contributed by atoms with van der Waals surface area (Å²) in [5.41, 5.74) is 9.33. The molecular formula is C18H20N2O2S. The van der Waals surface area contributed by atoms with E-state index in [-0.39, 0.29) is 0 Å². The molecule has 0 saturated carbocycles. The molecule has 0 aliphatic carbocycles. The van der Waals surface area contributed by atoms with Gasteiger partial charge in [0.25, 0.3) is 0 Å². The quantitative estimate of drug-likeness (QED) is 0.757. The highest BCUT2D eigenvalue weighted by atomic mass is 32.1. The highest BCUT2D eigenvalue weighted by Gasteiger charge is 2.21. The van der Waals surface area contributed by atoms with Crippen molar-refractivity contribution in [3.8, 4) is 5.75 Å². The Bertz CT molecular complexity index is 842. The summed E-state index contributed by atoms with van der Waals surface area (Å²) >= 11 is 1.39. The minimum Gasteiger partial charge on any atom is -0.497 e. The number of aromatic nitrogens is 1. The number of nitrogens with zero attached hydrogens (tertiary/aromatic N) is 1. The molecule has 0 aliphatic heterocycles. The van der Waals surface area contributed by atoms with Crippen molar-refractivity contribution in [2.24, 2.45) is 0 Å². The summed E-state index contributed by atoms with van der Waals surface area (Å²) in [6, 6.07) is 11.7. The van der Waals surface area contributed by atoms with Gasteiger partial charge in [-0.3, -0.25) is 0 Å². The number of benzene rings is 2. The van der Waals surface area contributed by atoms with Crippen molar-refractivity contribution in [1.29, 1.82) is 0 Å². The van der Waals surface area contributed by atoms with Crippen LogP contribution in [0.1, 0.15) is 42.6 Å². The Morgan fingerprint density at radius 1 is 1.13 bits per heavy atom. The van der Waals surface area contributed by atoms with Crippen LogP contribution in [0.25, 0.3) is 10.2 Å². The van der Waals surface area contributed by atoms with Crippen LogP contribution in [0.4, 0.5) is 5.13 Å². The fourth-order valence-corrected chi connectivity index (χ4v) is 3.62. The maximum atomic E-state index is 11.0. The van der Waals surface area contributed by atoms with E-state index in [0.29, 0.717) is 16.8 Å².